The monoisotopic (exact) mass is 166 g/mol. The lowest BCUT2D eigenvalue weighted by Gasteiger charge is -2.16. The average molecular weight is 166 g/mol. The van der Waals surface area contributed by atoms with Gasteiger partial charge >= 0.3 is 0 Å². The zero-order valence-corrected chi connectivity index (χ0v) is 6.45. The molecule has 0 aromatic rings. The Morgan fingerprint density at radius 3 is 3.33 bits per heavy atom. The van der Waals surface area contributed by atoms with Crippen LogP contribution in [0.2, 0.25) is 0 Å². The number of rotatable bonds is 1. The number of primary amides is 1. The molecule has 0 radical (unpaired) electrons. The Labute approximate surface area is 69.8 Å². The van der Waals surface area contributed by atoms with E-state index in [1.807, 2.05) is 18.4 Å². The molecule has 2 aliphatic rings. The van der Waals surface area contributed by atoms with Crippen LogP contribution in [0.1, 0.15) is 6.42 Å². The molecular weight excluding hydrogens is 156 g/mol. The maximum Gasteiger partial charge on any atom is 0.242 e. The Balaban J connectivity index is 2.23. The SMILES string of the molecule is NC(=O)C1NNN2C=CCC=C12. The van der Waals surface area contributed by atoms with Gasteiger partial charge in [-0.15, -0.1) is 0 Å². The van der Waals surface area contributed by atoms with E-state index in [0.29, 0.717) is 0 Å². The number of hydrogen-bond acceptors (Lipinski definition) is 4. The third-order valence-corrected chi connectivity index (χ3v) is 1.91. The second-order valence-electron chi connectivity index (χ2n) is 2.71. The van der Waals surface area contributed by atoms with E-state index in [9.17, 15) is 4.79 Å². The molecule has 4 N–H and O–H groups in total. The molecule has 5 nitrogen and oxygen atoms in total. The van der Waals surface area contributed by atoms with E-state index in [1.165, 1.54) is 0 Å². The fourth-order valence-electron chi connectivity index (χ4n) is 1.32. The van der Waals surface area contributed by atoms with Crippen LogP contribution < -0.4 is 16.7 Å². The van der Waals surface area contributed by atoms with Crippen LogP contribution in [-0.2, 0) is 4.79 Å². The summed E-state index contributed by atoms with van der Waals surface area (Å²) in [6, 6.07) is -0.407. The van der Waals surface area contributed by atoms with Crippen molar-refractivity contribution >= 4 is 5.91 Å². The predicted molar refractivity (Wildman–Crippen MR) is 42.9 cm³/mol. The highest BCUT2D eigenvalue weighted by Gasteiger charge is 2.30. The van der Waals surface area contributed by atoms with Gasteiger partial charge in [0.05, 0.1) is 5.70 Å². The van der Waals surface area contributed by atoms with Crippen molar-refractivity contribution in [3.8, 4) is 0 Å². The van der Waals surface area contributed by atoms with Gasteiger partial charge in [-0.1, -0.05) is 12.2 Å². The van der Waals surface area contributed by atoms with Crippen LogP contribution in [-0.4, -0.2) is 17.0 Å². The molecule has 0 spiro atoms. The zero-order chi connectivity index (χ0) is 8.55. The number of fused-ring (bicyclic) bond motifs is 1. The fourth-order valence-corrected chi connectivity index (χ4v) is 1.32. The highest BCUT2D eigenvalue weighted by molar-refractivity contribution is 5.83. The van der Waals surface area contributed by atoms with Crippen LogP contribution >= 0.6 is 0 Å². The number of nitrogens with one attached hydrogen (secondary N) is 2. The first-order valence-electron chi connectivity index (χ1n) is 3.75. The molecule has 0 aromatic carbocycles. The molecule has 1 fully saturated rings. The molecule has 0 saturated carbocycles. The summed E-state index contributed by atoms with van der Waals surface area (Å²) < 4.78 is 0. The molecule has 1 atom stereocenters. The predicted octanol–water partition coefficient (Wildman–Crippen LogP) is -1.03. The first-order valence-corrected chi connectivity index (χ1v) is 3.75. The molecule has 0 aromatic heterocycles. The van der Waals surface area contributed by atoms with Gasteiger partial charge in [0.15, 0.2) is 0 Å². The molecule has 64 valence electrons. The number of hydrogen-bond donors (Lipinski definition) is 3. The lowest BCUT2D eigenvalue weighted by atomic mass is 10.1. The molecule has 1 unspecified atom stereocenters. The summed E-state index contributed by atoms with van der Waals surface area (Å²) in [6.07, 6.45) is 6.66. The standard InChI is InChI=1S/C7H10N4O/c8-7(12)6-5-3-1-2-4-11(5)10-9-6/h2-4,6,9-10H,1H2,(H2,8,12). The van der Waals surface area contributed by atoms with Gasteiger partial charge in [0.1, 0.15) is 6.04 Å². The summed E-state index contributed by atoms with van der Waals surface area (Å²) >= 11 is 0. The number of amides is 1. The van der Waals surface area contributed by atoms with E-state index >= 15 is 0 Å². The maximum absolute atomic E-state index is 10.9. The van der Waals surface area contributed by atoms with Crippen molar-refractivity contribution in [3.63, 3.8) is 0 Å². The van der Waals surface area contributed by atoms with Crippen molar-refractivity contribution in [2.75, 3.05) is 0 Å². The molecule has 1 saturated heterocycles. The molecule has 2 rings (SSSR count). The number of carbonyl (C=O) groups is 1. The molecular formula is C7H10N4O. The summed E-state index contributed by atoms with van der Waals surface area (Å²) in [4.78, 5) is 10.9. The highest BCUT2D eigenvalue weighted by Crippen LogP contribution is 2.17. The first kappa shape index (κ1) is 7.33. The van der Waals surface area contributed by atoms with Gasteiger partial charge in [0.25, 0.3) is 0 Å². The van der Waals surface area contributed by atoms with Crippen LogP contribution in [0.5, 0.6) is 0 Å². The van der Waals surface area contributed by atoms with Crippen LogP contribution in [0.4, 0.5) is 0 Å². The number of hydrazine groups is 2. The number of carbonyl (C=O) groups excluding carboxylic acids is 1. The minimum absolute atomic E-state index is 0.369. The van der Waals surface area contributed by atoms with E-state index in [0.717, 1.165) is 12.1 Å². The topological polar surface area (TPSA) is 70.4 Å². The molecule has 5 heteroatoms. The quantitative estimate of drug-likeness (QED) is 0.465. The van der Waals surface area contributed by atoms with Gasteiger partial charge in [-0.3, -0.25) is 9.80 Å². The number of nitrogens with zero attached hydrogens (tertiary/aromatic N) is 1. The van der Waals surface area contributed by atoms with Crippen LogP contribution in [0.3, 0.4) is 0 Å². The molecule has 12 heavy (non-hydrogen) atoms. The van der Waals surface area contributed by atoms with Crippen molar-refractivity contribution in [1.29, 1.82) is 0 Å². The van der Waals surface area contributed by atoms with Gasteiger partial charge in [-0.25, -0.2) is 5.43 Å². The molecule has 0 aliphatic carbocycles. The van der Waals surface area contributed by atoms with Crippen LogP contribution in [0.25, 0.3) is 0 Å². The molecule has 2 aliphatic heterocycles. The lowest BCUT2D eigenvalue weighted by molar-refractivity contribution is -0.119. The summed E-state index contributed by atoms with van der Waals surface area (Å²) in [7, 11) is 0. The fraction of sp³-hybridized carbons (Fsp3) is 0.286. The van der Waals surface area contributed by atoms with Gasteiger partial charge < -0.3 is 5.73 Å². The Morgan fingerprint density at radius 2 is 2.58 bits per heavy atom. The number of allylic oxidation sites excluding steroid dienone is 2. The van der Waals surface area contributed by atoms with E-state index in [1.54, 1.807) is 5.01 Å². The Hall–Kier alpha value is -1.33. The molecule has 1 amide bonds. The smallest absolute Gasteiger partial charge is 0.242 e. The van der Waals surface area contributed by atoms with E-state index in [2.05, 4.69) is 11.0 Å². The largest absolute Gasteiger partial charge is 0.368 e. The van der Waals surface area contributed by atoms with E-state index in [-0.39, 0.29) is 5.91 Å². The summed E-state index contributed by atoms with van der Waals surface area (Å²) in [5.74, 6) is -0.369. The first-order chi connectivity index (χ1) is 5.79. The third-order valence-electron chi connectivity index (χ3n) is 1.91. The van der Waals surface area contributed by atoms with Gasteiger partial charge in [-0.2, -0.15) is 5.53 Å². The minimum Gasteiger partial charge on any atom is -0.368 e. The Kier molecular flexibility index (Phi) is 1.60. The van der Waals surface area contributed by atoms with Crippen LogP contribution in [0.15, 0.2) is 24.0 Å². The second-order valence-corrected chi connectivity index (χ2v) is 2.71. The third kappa shape index (κ3) is 0.992. The van der Waals surface area contributed by atoms with Crippen molar-refractivity contribution < 1.29 is 4.79 Å². The average Bonchev–Trinajstić information content (AvgIpc) is 2.47. The summed E-state index contributed by atoms with van der Waals surface area (Å²) in [5.41, 5.74) is 11.6. The normalized spacial score (nSPS) is 26.8. The highest BCUT2D eigenvalue weighted by atomic mass is 16.1. The Bertz CT molecular complexity index is 271. The van der Waals surface area contributed by atoms with E-state index < -0.39 is 6.04 Å². The van der Waals surface area contributed by atoms with E-state index in [4.69, 9.17) is 5.73 Å². The minimum atomic E-state index is -0.407. The summed E-state index contributed by atoms with van der Waals surface area (Å²) in [5, 5.41) is 1.75. The van der Waals surface area contributed by atoms with Crippen molar-refractivity contribution in [3.05, 3.63) is 24.0 Å². The van der Waals surface area contributed by atoms with Crippen molar-refractivity contribution in [2.45, 2.75) is 12.5 Å². The van der Waals surface area contributed by atoms with Gasteiger partial charge in [0.2, 0.25) is 5.91 Å². The molecule has 2 heterocycles. The van der Waals surface area contributed by atoms with Crippen LogP contribution in [0, 0.1) is 0 Å². The second kappa shape index (κ2) is 2.62. The van der Waals surface area contributed by atoms with Crippen molar-refractivity contribution in [1.82, 2.24) is 16.0 Å². The zero-order valence-electron chi connectivity index (χ0n) is 6.45. The number of nitrogens with two attached hydrogens (primary N) is 1. The Morgan fingerprint density at radius 1 is 1.75 bits per heavy atom. The lowest BCUT2D eigenvalue weighted by Crippen LogP contribution is -2.41. The maximum atomic E-state index is 10.9. The van der Waals surface area contributed by atoms with Gasteiger partial charge in [0, 0.05) is 6.20 Å². The summed E-state index contributed by atoms with van der Waals surface area (Å²) in [6.45, 7) is 0. The van der Waals surface area contributed by atoms with Crippen molar-refractivity contribution in [2.24, 2.45) is 5.73 Å². The molecule has 0 bridgehead atoms. The van der Waals surface area contributed by atoms with Gasteiger partial charge in [-0.05, 0) is 6.42 Å².